The lowest BCUT2D eigenvalue weighted by Gasteiger charge is -2.38. The molecule has 1 aromatic carbocycles. The number of carbonyl (C=O) groups is 1. The summed E-state index contributed by atoms with van der Waals surface area (Å²) in [5.74, 6) is 0.00978. The second-order valence-electron chi connectivity index (χ2n) is 6.43. The molecule has 4 heteroatoms. The third-order valence-corrected chi connectivity index (χ3v) is 4.53. The van der Waals surface area contributed by atoms with Crippen molar-refractivity contribution >= 4 is 5.91 Å². The summed E-state index contributed by atoms with van der Waals surface area (Å²) in [5, 5.41) is 3.13. The van der Waals surface area contributed by atoms with Gasteiger partial charge in [0.25, 0.3) is 0 Å². The summed E-state index contributed by atoms with van der Waals surface area (Å²) < 4.78 is 0. The number of rotatable bonds is 6. The zero-order chi connectivity index (χ0) is 15.9. The van der Waals surface area contributed by atoms with E-state index in [0.29, 0.717) is 6.04 Å². The maximum Gasteiger partial charge on any atom is 0.237 e. The van der Waals surface area contributed by atoms with Crippen LogP contribution in [0.4, 0.5) is 0 Å². The number of piperidine rings is 1. The zero-order valence-electron chi connectivity index (χ0n) is 13.8. The van der Waals surface area contributed by atoms with Crippen LogP contribution in [0, 0.1) is 0 Å². The Morgan fingerprint density at radius 1 is 1.41 bits per heavy atom. The van der Waals surface area contributed by atoms with Crippen molar-refractivity contribution in [3.05, 3.63) is 35.9 Å². The van der Waals surface area contributed by atoms with E-state index in [-0.39, 0.29) is 18.0 Å². The van der Waals surface area contributed by atoms with Gasteiger partial charge in [-0.3, -0.25) is 9.69 Å². The Bertz CT molecular complexity index is 463. The van der Waals surface area contributed by atoms with E-state index in [4.69, 9.17) is 5.73 Å². The second-order valence-corrected chi connectivity index (χ2v) is 6.43. The number of hydrogen-bond donors (Lipinski definition) is 2. The molecule has 1 aliphatic heterocycles. The fourth-order valence-corrected chi connectivity index (χ4v) is 3.15. The summed E-state index contributed by atoms with van der Waals surface area (Å²) in [7, 11) is 0. The minimum absolute atomic E-state index is 0.00978. The standard InChI is InChI=1S/C18H29N3O/c1-3-7-17(19)18(22)20-16-10-11-21(14(2)12-16)13-15-8-5-4-6-9-15/h4-6,8-9,14,16-17H,3,7,10-13,19H2,1-2H3,(H,20,22). The number of nitrogens with one attached hydrogen (secondary N) is 1. The predicted molar refractivity (Wildman–Crippen MR) is 90.4 cm³/mol. The van der Waals surface area contributed by atoms with Gasteiger partial charge in [-0.05, 0) is 31.7 Å². The summed E-state index contributed by atoms with van der Waals surface area (Å²) in [6.45, 7) is 6.30. The third-order valence-electron chi connectivity index (χ3n) is 4.53. The molecule has 3 N–H and O–H groups in total. The number of hydrogen-bond acceptors (Lipinski definition) is 3. The van der Waals surface area contributed by atoms with Crippen molar-refractivity contribution in [1.29, 1.82) is 0 Å². The number of carbonyl (C=O) groups excluding carboxylic acids is 1. The van der Waals surface area contributed by atoms with E-state index in [9.17, 15) is 4.79 Å². The fourth-order valence-electron chi connectivity index (χ4n) is 3.15. The van der Waals surface area contributed by atoms with E-state index in [1.54, 1.807) is 0 Å². The third kappa shape index (κ3) is 4.82. The molecule has 122 valence electrons. The van der Waals surface area contributed by atoms with Gasteiger partial charge >= 0.3 is 0 Å². The van der Waals surface area contributed by atoms with Crippen molar-refractivity contribution in [2.75, 3.05) is 6.54 Å². The number of amides is 1. The normalized spacial score (nSPS) is 24.0. The van der Waals surface area contributed by atoms with Gasteiger partial charge in [-0.25, -0.2) is 0 Å². The van der Waals surface area contributed by atoms with Crippen LogP contribution in [0.1, 0.15) is 45.1 Å². The summed E-state index contributed by atoms with van der Waals surface area (Å²) >= 11 is 0. The van der Waals surface area contributed by atoms with Gasteiger partial charge in [0.05, 0.1) is 6.04 Å². The molecular weight excluding hydrogens is 274 g/mol. The Morgan fingerprint density at radius 3 is 2.77 bits per heavy atom. The topological polar surface area (TPSA) is 58.4 Å². The number of nitrogens with two attached hydrogens (primary N) is 1. The van der Waals surface area contributed by atoms with E-state index in [1.165, 1.54) is 5.56 Å². The van der Waals surface area contributed by atoms with Gasteiger partial charge in [-0.15, -0.1) is 0 Å². The summed E-state index contributed by atoms with van der Waals surface area (Å²) in [4.78, 5) is 14.5. The highest BCUT2D eigenvalue weighted by atomic mass is 16.2. The molecule has 4 nitrogen and oxygen atoms in total. The molecule has 1 heterocycles. The molecule has 22 heavy (non-hydrogen) atoms. The number of likely N-dealkylation sites (tertiary alicyclic amines) is 1. The van der Waals surface area contributed by atoms with Gasteiger partial charge in [0.1, 0.15) is 0 Å². The molecule has 0 bridgehead atoms. The van der Waals surface area contributed by atoms with Crippen LogP contribution in [0.15, 0.2) is 30.3 Å². The molecule has 3 unspecified atom stereocenters. The van der Waals surface area contributed by atoms with Gasteiger partial charge in [-0.1, -0.05) is 43.7 Å². The van der Waals surface area contributed by atoms with E-state index in [1.807, 2.05) is 6.07 Å². The average molecular weight is 303 g/mol. The largest absolute Gasteiger partial charge is 0.352 e. The SMILES string of the molecule is CCCC(N)C(=O)NC1CCN(Cc2ccccc2)C(C)C1. The smallest absolute Gasteiger partial charge is 0.237 e. The van der Waals surface area contributed by atoms with Gasteiger partial charge < -0.3 is 11.1 Å². The first-order valence-corrected chi connectivity index (χ1v) is 8.44. The monoisotopic (exact) mass is 303 g/mol. The molecule has 1 fully saturated rings. The Balaban J connectivity index is 1.81. The lowest BCUT2D eigenvalue weighted by Crippen LogP contribution is -2.51. The van der Waals surface area contributed by atoms with Gasteiger partial charge in [0.2, 0.25) is 5.91 Å². The van der Waals surface area contributed by atoms with Crippen molar-refractivity contribution in [3.63, 3.8) is 0 Å². The lowest BCUT2D eigenvalue weighted by molar-refractivity contribution is -0.123. The summed E-state index contributed by atoms with van der Waals surface area (Å²) in [6, 6.07) is 10.9. The molecular formula is C18H29N3O. The molecule has 1 aromatic rings. The molecule has 0 saturated carbocycles. The quantitative estimate of drug-likeness (QED) is 0.847. The molecule has 1 saturated heterocycles. The van der Waals surface area contributed by atoms with Crippen LogP contribution < -0.4 is 11.1 Å². The molecule has 1 aliphatic rings. The van der Waals surface area contributed by atoms with Gasteiger partial charge in [0, 0.05) is 25.2 Å². The maximum absolute atomic E-state index is 12.0. The number of benzene rings is 1. The van der Waals surface area contributed by atoms with Crippen molar-refractivity contribution in [3.8, 4) is 0 Å². The number of nitrogens with zero attached hydrogens (tertiary/aromatic N) is 1. The molecule has 2 rings (SSSR count). The van der Waals surface area contributed by atoms with E-state index < -0.39 is 0 Å². The minimum atomic E-state index is -0.359. The Kier molecular flexibility index (Phi) is 6.40. The minimum Gasteiger partial charge on any atom is -0.352 e. The van der Waals surface area contributed by atoms with E-state index in [0.717, 1.165) is 38.8 Å². The maximum atomic E-state index is 12.0. The highest BCUT2D eigenvalue weighted by Crippen LogP contribution is 2.20. The van der Waals surface area contributed by atoms with Crippen LogP contribution in [0.5, 0.6) is 0 Å². The highest BCUT2D eigenvalue weighted by molar-refractivity contribution is 5.81. The van der Waals surface area contributed by atoms with Crippen LogP contribution in [0.25, 0.3) is 0 Å². The van der Waals surface area contributed by atoms with Crippen molar-refractivity contribution in [2.45, 2.75) is 64.2 Å². The van der Waals surface area contributed by atoms with Crippen molar-refractivity contribution < 1.29 is 4.79 Å². The van der Waals surface area contributed by atoms with Crippen molar-refractivity contribution in [1.82, 2.24) is 10.2 Å². The Hall–Kier alpha value is -1.39. The summed E-state index contributed by atoms with van der Waals surface area (Å²) in [5.41, 5.74) is 7.24. The van der Waals surface area contributed by atoms with Crippen LogP contribution in [0.2, 0.25) is 0 Å². The predicted octanol–water partition coefficient (Wildman–Crippen LogP) is 2.28. The molecule has 0 aliphatic carbocycles. The Morgan fingerprint density at radius 2 is 2.14 bits per heavy atom. The Labute approximate surface area is 134 Å². The van der Waals surface area contributed by atoms with Crippen LogP contribution in [0.3, 0.4) is 0 Å². The summed E-state index contributed by atoms with van der Waals surface area (Å²) in [6.07, 6.45) is 3.70. The van der Waals surface area contributed by atoms with Gasteiger partial charge in [-0.2, -0.15) is 0 Å². The first kappa shape index (κ1) is 17.0. The van der Waals surface area contributed by atoms with Crippen LogP contribution in [-0.4, -0.2) is 35.5 Å². The van der Waals surface area contributed by atoms with E-state index >= 15 is 0 Å². The molecule has 0 radical (unpaired) electrons. The molecule has 3 atom stereocenters. The first-order valence-electron chi connectivity index (χ1n) is 8.44. The van der Waals surface area contributed by atoms with Crippen LogP contribution in [-0.2, 0) is 11.3 Å². The fraction of sp³-hybridized carbons (Fsp3) is 0.611. The van der Waals surface area contributed by atoms with Gasteiger partial charge in [0.15, 0.2) is 0 Å². The average Bonchev–Trinajstić information content (AvgIpc) is 2.51. The molecule has 0 spiro atoms. The lowest BCUT2D eigenvalue weighted by atomic mass is 9.97. The second kappa shape index (κ2) is 8.30. The molecule has 0 aromatic heterocycles. The van der Waals surface area contributed by atoms with E-state index in [2.05, 4.69) is 48.3 Å². The molecule has 1 amide bonds. The zero-order valence-corrected chi connectivity index (χ0v) is 13.8. The van der Waals surface area contributed by atoms with Crippen molar-refractivity contribution in [2.24, 2.45) is 5.73 Å². The first-order chi connectivity index (χ1) is 10.6. The van der Waals surface area contributed by atoms with Crippen LogP contribution >= 0.6 is 0 Å². The highest BCUT2D eigenvalue weighted by Gasteiger charge is 2.27.